The largest absolute Gasteiger partial charge is 0.497 e. The molecule has 0 bridgehead atoms. The molecule has 1 rings (SSSR count). The van der Waals surface area contributed by atoms with Crippen molar-refractivity contribution in [2.24, 2.45) is 0 Å². The van der Waals surface area contributed by atoms with Crippen molar-refractivity contribution in [3.63, 3.8) is 0 Å². The van der Waals surface area contributed by atoms with E-state index in [0.29, 0.717) is 0 Å². The molecule has 0 radical (unpaired) electrons. The monoisotopic (exact) mass is 355 g/mol. The molecule has 0 saturated carbocycles. The van der Waals surface area contributed by atoms with Crippen LogP contribution < -0.4 is 4.74 Å². The van der Waals surface area contributed by atoms with Crippen molar-refractivity contribution in [1.82, 2.24) is 4.90 Å². The number of hydrogen-bond donors (Lipinski definition) is 0. The molecule has 0 atom stereocenters. The third-order valence-electron chi connectivity index (χ3n) is 3.79. The highest BCUT2D eigenvalue weighted by atomic mass is 79.9. The maximum absolute atomic E-state index is 5.18. The van der Waals surface area contributed by atoms with Gasteiger partial charge in [-0.25, -0.2) is 0 Å². The van der Waals surface area contributed by atoms with Gasteiger partial charge >= 0.3 is 0 Å². The summed E-state index contributed by atoms with van der Waals surface area (Å²) in [7, 11) is 3.92. The van der Waals surface area contributed by atoms with Gasteiger partial charge in [0.05, 0.1) is 7.11 Å². The highest BCUT2D eigenvalue weighted by Gasteiger charge is 2.01. The van der Waals surface area contributed by atoms with Crippen molar-refractivity contribution < 1.29 is 4.74 Å². The molecule has 3 heteroatoms. The molecule has 0 saturated heterocycles. The van der Waals surface area contributed by atoms with E-state index in [9.17, 15) is 0 Å². The molecule has 0 aliphatic rings. The normalized spacial score (nSPS) is 11.0. The number of nitrogens with zero attached hydrogens (tertiary/aromatic N) is 1. The lowest BCUT2D eigenvalue weighted by atomic mass is 10.1. The predicted molar refractivity (Wildman–Crippen MR) is 95.4 cm³/mol. The van der Waals surface area contributed by atoms with E-state index in [0.717, 1.165) is 17.6 Å². The van der Waals surface area contributed by atoms with Crippen LogP contribution in [0.1, 0.15) is 50.5 Å². The number of unbranched alkanes of at least 4 members (excludes halogenated alkanes) is 6. The molecular formula is C18H30BrNO. The Bertz CT molecular complexity index is 353. The standard InChI is InChI=1S/C18H30BrNO/c1-20(15-9-7-5-3-4-6-8-14-19)16-17-10-12-18(21-2)13-11-17/h10-13H,3-9,14-16H2,1-2H3. The fourth-order valence-corrected chi connectivity index (χ4v) is 2.88. The first-order valence-electron chi connectivity index (χ1n) is 8.13. The molecule has 0 unspecified atom stereocenters. The Kier molecular flexibility index (Phi) is 10.6. The molecule has 2 nitrogen and oxygen atoms in total. The Morgan fingerprint density at radius 2 is 1.48 bits per heavy atom. The average molecular weight is 356 g/mol. The van der Waals surface area contributed by atoms with Gasteiger partial charge in [0.1, 0.15) is 5.75 Å². The molecule has 0 N–H and O–H groups in total. The smallest absolute Gasteiger partial charge is 0.118 e. The van der Waals surface area contributed by atoms with E-state index >= 15 is 0 Å². The minimum Gasteiger partial charge on any atom is -0.497 e. The quantitative estimate of drug-likeness (QED) is 0.374. The lowest BCUT2D eigenvalue weighted by Gasteiger charge is -2.16. The summed E-state index contributed by atoms with van der Waals surface area (Å²) < 4.78 is 5.18. The molecule has 0 heterocycles. The van der Waals surface area contributed by atoms with Crippen LogP contribution in [-0.2, 0) is 6.54 Å². The maximum atomic E-state index is 5.18. The van der Waals surface area contributed by atoms with Crippen molar-refractivity contribution in [2.45, 2.75) is 51.5 Å². The summed E-state index contributed by atoms with van der Waals surface area (Å²) in [4.78, 5) is 2.41. The van der Waals surface area contributed by atoms with Crippen molar-refractivity contribution in [2.75, 3.05) is 26.0 Å². The Labute approximate surface area is 139 Å². The molecule has 0 aromatic heterocycles. The van der Waals surface area contributed by atoms with E-state index in [2.05, 4.69) is 40.0 Å². The zero-order valence-electron chi connectivity index (χ0n) is 13.6. The van der Waals surface area contributed by atoms with Gasteiger partial charge in [0, 0.05) is 11.9 Å². The second-order valence-corrected chi connectivity index (χ2v) is 6.54. The molecule has 0 spiro atoms. The molecule has 1 aromatic carbocycles. The van der Waals surface area contributed by atoms with Crippen LogP contribution in [-0.4, -0.2) is 30.9 Å². The SMILES string of the molecule is COc1ccc(CN(C)CCCCCCCCCBr)cc1. The zero-order chi connectivity index (χ0) is 15.3. The summed E-state index contributed by atoms with van der Waals surface area (Å²) in [6.07, 6.45) is 9.56. The van der Waals surface area contributed by atoms with E-state index in [4.69, 9.17) is 4.74 Å². The Balaban J connectivity index is 2.04. The summed E-state index contributed by atoms with van der Waals surface area (Å²) in [6, 6.07) is 8.38. The van der Waals surface area contributed by atoms with Gasteiger partial charge in [0.2, 0.25) is 0 Å². The molecule has 120 valence electrons. The number of rotatable bonds is 12. The number of ether oxygens (including phenoxy) is 1. The summed E-state index contributed by atoms with van der Waals surface area (Å²) in [5, 5.41) is 1.16. The van der Waals surface area contributed by atoms with Crippen LogP contribution in [0.5, 0.6) is 5.75 Å². The predicted octanol–water partition coefficient (Wildman–Crippen LogP) is 5.25. The van der Waals surface area contributed by atoms with Crippen LogP contribution in [0, 0.1) is 0 Å². The highest BCUT2D eigenvalue weighted by molar-refractivity contribution is 9.09. The molecule has 0 aliphatic heterocycles. The Hall–Kier alpha value is -0.540. The van der Waals surface area contributed by atoms with Crippen LogP contribution in [0.15, 0.2) is 24.3 Å². The number of benzene rings is 1. The van der Waals surface area contributed by atoms with E-state index in [-0.39, 0.29) is 0 Å². The zero-order valence-corrected chi connectivity index (χ0v) is 15.2. The minimum absolute atomic E-state index is 0.932. The molecule has 1 aromatic rings. The topological polar surface area (TPSA) is 12.5 Å². The lowest BCUT2D eigenvalue weighted by Crippen LogP contribution is -2.19. The Morgan fingerprint density at radius 3 is 2.05 bits per heavy atom. The van der Waals surface area contributed by atoms with Crippen molar-refractivity contribution in [3.05, 3.63) is 29.8 Å². The second kappa shape index (κ2) is 12.0. The van der Waals surface area contributed by atoms with Crippen molar-refractivity contribution in [3.8, 4) is 5.75 Å². The van der Waals surface area contributed by atoms with E-state index in [1.807, 2.05) is 12.1 Å². The lowest BCUT2D eigenvalue weighted by molar-refractivity contribution is 0.316. The summed E-state index contributed by atoms with van der Waals surface area (Å²) in [6.45, 7) is 2.21. The van der Waals surface area contributed by atoms with Crippen LogP contribution in [0.4, 0.5) is 0 Å². The van der Waals surface area contributed by atoms with Gasteiger partial charge in [-0.15, -0.1) is 0 Å². The van der Waals surface area contributed by atoms with Crippen LogP contribution >= 0.6 is 15.9 Å². The van der Waals surface area contributed by atoms with Crippen LogP contribution in [0.3, 0.4) is 0 Å². The highest BCUT2D eigenvalue weighted by Crippen LogP contribution is 2.13. The van der Waals surface area contributed by atoms with E-state index < -0.39 is 0 Å². The minimum atomic E-state index is 0.932. The first-order chi connectivity index (χ1) is 10.3. The third kappa shape index (κ3) is 9.15. The molecule has 21 heavy (non-hydrogen) atoms. The molecule has 0 amide bonds. The van der Waals surface area contributed by atoms with Crippen LogP contribution in [0.2, 0.25) is 0 Å². The Morgan fingerprint density at radius 1 is 0.905 bits per heavy atom. The van der Waals surface area contributed by atoms with Gasteiger partial charge < -0.3 is 9.64 Å². The number of halogens is 1. The summed E-state index contributed by atoms with van der Waals surface area (Å²) >= 11 is 3.48. The number of hydrogen-bond acceptors (Lipinski definition) is 2. The number of alkyl halides is 1. The molecule has 0 aliphatic carbocycles. The fraction of sp³-hybridized carbons (Fsp3) is 0.667. The van der Waals surface area contributed by atoms with E-state index in [1.165, 1.54) is 57.1 Å². The van der Waals surface area contributed by atoms with Gasteiger partial charge in [-0.3, -0.25) is 0 Å². The van der Waals surface area contributed by atoms with E-state index in [1.54, 1.807) is 7.11 Å². The fourth-order valence-electron chi connectivity index (χ4n) is 2.48. The van der Waals surface area contributed by atoms with Crippen molar-refractivity contribution >= 4 is 15.9 Å². The van der Waals surface area contributed by atoms with Crippen LogP contribution in [0.25, 0.3) is 0 Å². The average Bonchev–Trinajstić information content (AvgIpc) is 2.50. The van der Waals surface area contributed by atoms with Gasteiger partial charge in [-0.05, 0) is 44.1 Å². The van der Waals surface area contributed by atoms with Gasteiger partial charge in [0.15, 0.2) is 0 Å². The summed E-state index contributed by atoms with van der Waals surface area (Å²) in [5.41, 5.74) is 1.35. The second-order valence-electron chi connectivity index (χ2n) is 5.75. The van der Waals surface area contributed by atoms with Gasteiger partial charge in [0.25, 0.3) is 0 Å². The van der Waals surface area contributed by atoms with Gasteiger partial charge in [-0.2, -0.15) is 0 Å². The molecule has 0 fully saturated rings. The third-order valence-corrected chi connectivity index (χ3v) is 4.35. The summed E-state index contributed by atoms with van der Waals surface area (Å²) in [5.74, 6) is 0.932. The number of methoxy groups -OCH3 is 1. The first kappa shape index (κ1) is 18.5. The first-order valence-corrected chi connectivity index (χ1v) is 9.26. The van der Waals surface area contributed by atoms with Crippen molar-refractivity contribution in [1.29, 1.82) is 0 Å². The molecular weight excluding hydrogens is 326 g/mol. The maximum Gasteiger partial charge on any atom is 0.118 e. The van der Waals surface area contributed by atoms with Gasteiger partial charge in [-0.1, -0.05) is 60.2 Å².